The summed E-state index contributed by atoms with van der Waals surface area (Å²) in [7, 11) is 3.75. The number of amides is 2. The van der Waals surface area contributed by atoms with Crippen LogP contribution in [0, 0.1) is 5.92 Å². The first-order valence-electron chi connectivity index (χ1n) is 18.1. The minimum Gasteiger partial charge on any atom is -0.395 e. The predicted molar refractivity (Wildman–Crippen MR) is 200 cm³/mol. The molecule has 3 aliphatic rings. The number of imidazole rings is 2. The standard InChI is InChI=1S/C38H46Cl2N8O3/c1-45-31-15-18-47(17-14-24-8-4-3-5-9-24)22-29(31)41-35(45)37(50)43-27-12-6-10-25(33(27)39)26-11-7-13-28(34(26)40)44-38(51)36-42-30-23-48(20-21-49)19-16-32(30)46(36)2/h6-7,10-13,24,49H,3-5,8-9,14-23H2,1-2H3,(H,43,50)(H,44,51). The molecule has 0 unspecified atom stereocenters. The van der Waals surface area contributed by atoms with E-state index >= 15 is 0 Å². The molecule has 270 valence electrons. The van der Waals surface area contributed by atoms with Gasteiger partial charge in [-0.25, -0.2) is 9.97 Å². The quantitative estimate of drug-likeness (QED) is 0.175. The summed E-state index contributed by atoms with van der Waals surface area (Å²) in [6.45, 7) is 4.84. The smallest absolute Gasteiger partial charge is 0.291 e. The van der Waals surface area contributed by atoms with Gasteiger partial charge in [0.2, 0.25) is 0 Å². The number of nitrogens with one attached hydrogen (secondary N) is 2. The summed E-state index contributed by atoms with van der Waals surface area (Å²) in [5.41, 5.74) is 6.00. The second-order valence-corrected chi connectivity index (χ2v) is 14.8. The molecule has 0 saturated heterocycles. The molecule has 13 heteroatoms. The maximum absolute atomic E-state index is 13.6. The van der Waals surface area contributed by atoms with Crippen LogP contribution in [-0.2, 0) is 40.0 Å². The van der Waals surface area contributed by atoms with Crippen LogP contribution in [0.2, 0.25) is 10.0 Å². The van der Waals surface area contributed by atoms with E-state index in [2.05, 4.69) is 25.4 Å². The first-order valence-corrected chi connectivity index (χ1v) is 18.8. The van der Waals surface area contributed by atoms with Crippen molar-refractivity contribution in [3.63, 3.8) is 0 Å². The number of benzene rings is 2. The third-order valence-corrected chi connectivity index (χ3v) is 11.7. The van der Waals surface area contributed by atoms with E-state index in [-0.39, 0.29) is 24.2 Å². The topological polar surface area (TPSA) is 121 Å². The zero-order chi connectivity index (χ0) is 35.6. The molecule has 4 aromatic rings. The van der Waals surface area contributed by atoms with Crippen molar-refractivity contribution < 1.29 is 14.7 Å². The first-order chi connectivity index (χ1) is 24.7. The van der Waals surface area contributed by atoms with Crippen LogP contribution >= 0.6 is 23.2 Å². The molecule has 2 aromatic heterocycles. The Labute approximate surface area is 309 Å². The first kappa shape index (κ1) is 35.7. The lowest BCUT2D eigenvalue weighted by atomic mass is 9.87. The van der Waals surface area contributed by atoms with Crippen molar-refractivity contribution in [1.82, 2.24) is 28.9 Å². The Morgan fingerprint density at radius 2 is 1.25 bits per heavy atom. The summed E-state index contributed by atoms with van der Waals surface area (Å²) >= 11 is 13.9. The number of carbonyl (C=O) groups is 2. The number of hydrogen-bond donors (Lipinski definition) is 3. The second kappa shape index (κ2) is 15.5. The van der Waals surface area contributed by atoms with Gasteiger partial charge in [0.05, 0.1) is 39.4 Å². The average Bonchev–Trinajstić information content (AvgIpc) is 3.65. The number of nitrogens with zero attached hydrogens (tertiary/aromatic N) is 6. The van der Waals surface area contributed by atoms with Gasteiger partial charge in [0.15, 0.2) is 11.6 Å². The lowest BCUT2D eigenvalue weighted by Crippen LogP contribution is -2.33. The third kappa shape index (κ3) is 7.45. The summed E-state index contributed by atoms with van der Waals surface area (Å²) in [6.07, 6.45) is 9.65. The molecular weight excluding hydrogens is 687 g/mol. The maximum Gasteiger partial charge on any atom is 0.291 e. The summed E-state index contributed by atoms with van der Waals surface area (Å²) < 4.78 is 3.74. The fourth-order valence-electron chi connectivity index (χ4n) is 7.96. The maximum atomic E-state index is 13.6. The molecule has 1 saturated carbocycles. The molecule has 4 heterocycles. The number of β-amino-alcohol motifs (C(OH)–C–C–N with tert-alkyl or cyclic N) is 1. The lowest BCUT2D eigenvalue weighted by Gasteiger charge is -2.29. The highest BCUT2D eigenvalue weighted by Crippen LogP contribution is 2.40. The molecule has 51 heavy (non-hydrogen) atoms. The number of aliphatic hydroxyl groups is 1. The molecule has 2 aliphatic heterocycles. The number of halogens is 2. The molecule has 0 radical (unpaired) electrons. The van der Waals surface area contributed by atoms with E-state index in [9.17, 15) is 14.7 Å². The molecule has 0 bridgehead atoms. The number of fused-ring (bicyclic) bond motifs is 2. The van der Waals surface area contributed by atoms with Gasteiger partial charge in [0, 0.05) is 82.2 Å². The number of rotatable bonds is 10. The highest BCUT2D eigenvalue weighted by Gasteiger charge is 2.28. The van der Waals surface area contributed by atoms with Crippen LogP contribution in [0.1, 0.15) is 82.5 Å². The molecular formula is C38H46Cl2N8O3. The zero-order valence-electron chi connectivity index (χ0n) is 29.4. The third-order valence-electron chi connectivity index (χ3n) is 10.9. The van der Waals surface area contributed by atoms with E-state index in [1.54, 1.807) is 18.2 Å². The van der Waals surface area contributed by atoms with E-state index in [0.29, 0.717) is 51.5 Å². The van der Waals surface area contributed by atoms with E-state index in [1.165, 1.54) is 38.5 Å². The Hall–Kier alpha value is -3.74. The predicted octanol–water partition coefficient (Wildman–Crippen LogP) is 6.31. The van der Waals surface area contributed by atoms with Crippen LogP contribution in [0.5, 0.6) is 0 Å². The van der Waals surface area contributed by atoms with Gasteiger partial charge < -0.3 is 24.9 Å². The Bertz CT molecular complexity index is 1930. The number of aromatic nitrogens is 4. The number of anilines is 2. The van der Waals surface area contributed by atoms with Crippen LogP contribution in [0.3, 0.4) is 0 Å². The van der Waals surface area contributed by atoms with Crippen molar-refractivity contribution >= 4 is 46.4 Å². The zero-order valence-corrected chi connectivity index (χ0v) is 30.9. The number of aliphatic hydroxyl groups excluding tert-OH is 1. The van der Waals surface area contributed by atoms with Crippen LogP contribution in [0.4, 0.5) is 11.4 Å². The highest BCUT2D eigenvalue weighted by atomic mass is 35.5. The Morgan fingerprint density at radius 1 is 0.765 bits per heavy atom. The van der Waals surface area contributed by atoms with E-state index in [0.717, 1.165) is 67.7 Å². The van der Waals surface area contributed by atoms with E-state index < -0.39 is 0 Å². The normalized spacial score (nSPS) is 16.9. The SMILES string of the molecule is Cn1c(C(=O)Nc2cccc(-c3cccc(NC(=O)c4nc5c(n4C)CCN(CCC4CCCCC4)C5)c3Cl)c2Cl)nc2c1CCN(CCO)C2. The average molecular weight is 734 g/mol. The number of hydrogen-bond acceptors (Lipinski definition) is 7. The fourth-order valence-corrected chi connectivity index (χ4v) is 8.51. The molecule has 0 atom stereocenters. The Morgan fingerprint density at radius 3 is 1.75 bits per heavy atom. The summed E-state index contributed by atoms with van der Waals surface area (Å²) in [4.78, 5) is 41.1. The number of carbonyl (C=O) groups excluding carboxylic acids is 2. The van der Waals surface area contributed by atoms with Gasteiger partial charge in [-0.3, -0.25) is 19.4 Å². The van der Waals surface area contributed by atoms with Gasteiger partial charge in [-0.1, -0.05) is 79.6 Å². The molecule has 1 fully saturated rings. The second-order valence-electron chi connectivity index (χ2n) is 14.1. The molecule has 2 amide bonds. The Balaban J connectivity index is 1.04. The van der Waals surface area contributed by atoms with Crippen molar-refractivity contribution in [2.75, 3.05) is 43.4 Å². The van der Waals surface area contributed by atoms with Gasteiger partial charge in [-0.05, 0) is 31.0 Å². The van der Waals surface area contributed by atoms with Gasteiger partial charge in [-0.15, -0.1) is 0 Å². The lowest BCUT2D eigenvalue weighted by molar-refractivity contribution is 0.100. The van der Waals surface area contributed by atoms with E-state index in [1.807, 2.05) is 41.4 Å². The molecule has 0 spiro atoms. The largest absolute Gasteiger partial charge is 0.395 e. The fraction of sp³-hybridized carbons (Fsp3) is 0.474. The molecule has 7 rings (SSSR count). The minimum absolute atomic E-state index is 0.0780. The van der Waals surface area contributed by atoms with Gasteiger partial charge in [0.1, 0.15) is 0 Å². The molecule has 1 aliphatic carbocycles. The van der Waals surface area contributed by atoms with Gasteiger partial charge in [-0.2, -0.15) is 0 Å². The highest BCUT2D eigenvalue weighted by molar-refractivity contribution is 6.40. The van der Waals surface area contributed by atoms with Crippen molar-refractivity contribution in [2.45, 2.75) is 64.5 Å². The van der Waals surface area contributed by atoms with Crippen LogP contribution in [0.15, 0.2) is 36.4 Å². The van der Waals surface area contributed by atoms with Crippen molar-refractivity contribution in [3.05, 3.63) is 80.9 Å². The molecule has 3 N–H and O–H groups in total. The summed E-state index contributed by atoms with van der Waals surface area (Å²) in [6, 6.07) is 10.7. The Kier molecular flexibility index (Phi) is 10.8. The van der Waals surface area contributed by atoms with Crippen molar-refractivity contribution in [3.8, 4) is 11.1 Å². The molecule has 11 nitrogen and oxygen atoms in total. The van der Waals surface area contributed by atoms with E-state index in [4.69, 9.17) is 28.2 Å². The van der Waals surface area contributed by atoms with Crippen LogP contribution < -0.4 is 10.6 Å². The van der Waals surface area contributed by atoms with Gasteiger partial charge >= 0.3 is 0 Å². The van der Waals surface area contributed by atoms with Crippen molar-refractivity contribution in [1.29, 1.82) is 0 Å². The minimum atomic E-state index is -0.378. The van der Waals surface area contributed by atoms with Crippen LogP contribution in [0.25, 0.3) is 11.1 Å². The summed E-state index contributed by atoms with van der Waals surface area (Å²) in [5, 5.41) is 15.9. The molecule has 2 aromatic carbocycles. The van der Waals surface area contributed by atoms with Gasteiger partial charge in [0.25, 0.3) is 11.8 Å². The monoisotopic (exact) mass is 732 g/mol. The van der Waals surface area contributed by atoms with Crippen LogP contribution in [-0.4, -0.2) is 78.6 Å². The van der Waals surface area contributed by atoms with Crippen molar-refractivity contribution in [2.24, 2.45) is 20.0 Å². The summed E-state index contributed by atoms with van der Waals surface area (Å²) in [5.74, 6) is 0.777.